The van der Waals surface area contributed by atoms with Crippen LogP contribution in [-0.2, 0) is 0 Å². The molecule has 0 aromatic heterocycles. The van der Waals surface area contributed by atoms with E-state index < -0.39 is 11.2 Å². The van der Waals surface area contributed by atoms with Crippen LogP contribution >= 0.6 is 0 Å². The third-order valence-electron chi connectivity index (χ3n) is 2.92. The summed E-state index contributed by atoms with van der Waals surface area (Å²) < 4.78 is 0. The van der Waals surface area contributed by atoms with Crippen molar-refractivity contribution in [1.29, 1.82) is 0 Å². The van der Waals surface area contributed by atoms with Gasteiger partial charge in [-0.25, -0.2) is 0 Å². The Kier molecular flexibility index (Phi) is 5.06. The Labute approximate surface area is 104 Å². The summed E-state index contributed by atoms with van der Waals surface area (Å²) in [7, 11) is 0. The zero-order valence-corrected chi connectivity index (χ0v) is 10.8. The lowest BCUT2D eigenvalue weighted by Gasteiger charge is -2.22. The van der Waals surface area contributed by atoms with Crippen molar-refractivity contribution in [3.8, 4) is 23.7 Å². The number of hydrogen-bond donors (Lipinski definition) is 2. The first-order valence-electron chi connectivity index (χ1n) is 6.36. The summed E-state index contributed by atoms with van der Waals surface area (Å²) in [5.41, 5.74) is -2.03. The van der Waals surface area contributed by atoms with Crippen LogP contribution < -0.4 is 0 Å². The van der Waals surface area contributed by atoms with Crippen LogP contribution in [0.2, 0.25) is 0 Å². The molecule has 0 heterocycles. The molecule has 94 valence electrons. The molecule has 1 aliphatic rings. The van der Waals surface area contributed by atoms with E-state index in [1.165, 1.54) is 0 Å². The van der Waals surface area contributed by atoms with Gasteiger partial charge in [0.05, 0.1) is 0 Å². The van der Waals surface area contributed by atoms with E-state index in [1.54, 1.807) is 13.8 Å². The molecule has 0 saturated carbocycles. The Balaban J connectivity index is 2.72. The first kappa shape index (κ1) is 14.1. The highest BCUT2D eigenvalue weighted by atomic mass is 16.3. The maximum atomic E-state index is 10.0. The Bertz CT molecular complexity index is 322. The lowest BCUT2D eigenvalue weighted by molar-refractivity contribution is 0.0581. The second kappa shape index (κ2) is 6.10. The van der Waals surface area contributed by atoms with Crippen molar-refractivity contribution in [3.63, 3.8) is 0 Å². The van der Waals surface area contributed by atoms with Crippen molar-refractivity contribution in [3.05, 3.63) is 0 Å². The maximum absolute atomic E-state index is 10.0. The largest absolute Gasteiger partial charge is 0.378 e. The Morgan fingerprint density at radius 3 is 1.59 bits per heavy atom. The van der Waals surface area contributed by atoms with Crippen molar-refractivity contribution in [1.82, 2.24) is 0 Å². The van der Waals surface area contributed by atoms with Crippen molar-refractivity contribution in [2.24, 2.45) is 0 Å². The van der Waals surface area contributed by atoms with Crippen molar-refractivity contribution >= 4 is 0 Å². The fourth-order valence-electron chi connectivity index (χ4n) is 1.72. The average molecular weight is 234 g/mol. The molecule has 0 amide bonds. The van der Waals surface area contributed by atoms with E-state index in [-0.39, 0.29) is 0 Å². The van der Waals surface area contributed by atoms with E-state index in [4.69, 9.17) is 0 Å². The summed E-state index contributed by atoms with van der Waals surface area (Å²) in [6, 6.07) is 0. The van der Waals surface area contributed by atoms with Crippen LogP contribution in [0.3, 0.4) is 0 Å². The molecule has 2 N–H and O–H groups in total. The van der Waals surface area contributed by atoms with Crippen molar-refractivity contribution in [2.75, 3.05) is 0 Å². The zero-order valence-electron chi connectivity index (χ0n) is 10.8. The third-order valence-corrected chi connectivity index (χ3v) is 2.92. The third kappa shape index (κ3) is 6.37. The Hall–Kier alpha value is -0.960. The van der Waals surface area contributed by atoms with Crippen molar-refractivity contribution < 1.29 is 10.2 Å². The minimum atomic E-state index is -1.01. The smallest absolute Gasteiger partial charge is 0.122 e. The van der Waals surface area contributed by atoms with Crippen LogP contribution in [0.5, 0.6) is 0 Å². The van der Waals surface area contributed by atoms with Crippen LogP contribution in [0.25, 0.3) is 0 Å². The van der Waals surface area contributed by atoms with Gasteiger partial charge in [0.15, 0.2) is 0 Å². The van der Waals surface area contributed by atoms with Crippen LogP contribution in [0.1, 0.15) is 58.8 Å². The van der Waals surface area contributed by atoms with Gasteiger partial charge >= 0.3 is 0 Å². The molecule has 0 aromatic carbocycles. The molecule has 0 fully saturated rings. The molecule has 0 spiro atoms. The fourth-order valence-corrected chi connectivity index (χ4v) is 1.72. The highest BCUT2D eigenvalue weighted by molar-refractivity contribution is 5.16. The number of aliphatic hydroxyl groups is 2. The van der Waals surface area contributed by atoms with Gasteiger partial charge in [-0.2, -0.15) is 0 Å². The second-order valence-electron chi connectivity index (χ2n) is 5.21. The van der Waals surface area contributed by atoms with Gasteiger partial charge in [-0.05, 0) is 39.5 Å². The average Bonchev–Trinajstić information content (AvgIpc) is 2.24. The predicted octanol–water partition coefficient (Wildman–Crippen LogP) is 2.24. The molecule has 1 rings (SSSR count). The molecule has 0 aromatic rings. The summed E-state index contributed by atoms with van der Waals surface area (Å²) in [6.45, 7) is 3.40. The van der Waals surface area contributed by atoms with Gasteiger partial charge in [0.1, 0.15) is 11.2 Å². The van der Waals surface area contributed by atoms with E-state index in [2.05, 4.69) is 23.7 Å². The molecule has 0 aliphatic heterocycles. The van der Waals surface area contributed by atoms with Crippen LogP contribution in [0, 0.1) is 23.7 Å². The lowest BCUT2D eigenvalue weighted by Crippen LogP contribution is -2.29. The molecule has 2 atom stereocenters. The Morgan fingerprint density at radius 2 is 1.18 bits per heavy atom. The summed E-state index contributed by atoms with van der Waals surface area (Å²) in [5, 5.41) is 20.1. The molecule has 0 unspecified atom stereocenters. The lowest BCUT2D eigenvalue weighted by atomic mass is 9.92. The molecule has 0 bridgehead atoms. The van der Waals surface area contributed by atoms with Gasteiger partial charge in [0.25, 0.3) is 0 Å². The van der Waals surface area contributed by atoms with Crippen LogP contribution in [-0.4, -0.2) is 21.4 Å². The molecule has 2 nitrogen and oxygen atoms in total. The molecular weight excluding hydrogens is 212 g/mol. The first-order chi connectivity index (χ1) is 7.91. The van der Waals surface area contributed by atoms with Crippen molar-refractivity contribution in [2.45, 2.75) is 70.0 Å². The van der Waals surface area contributed by atoms with Gasteiger partial charge in [-0.1, -0.05) is 18.3 Å². The first-order valence-corrected chi connectivity index (χ1v) is 6.36. The number of hydrogen-bond acceptors (Lipinski definition) is 2. The van der Waals surface area contributed by atoms with E-state index in [9.17, 15) is 10.2 Å². The monoisotopic (exact) mass is 234 g/mol. The molecule has 0 radical (unpaired) electrons. The molecular formula is C15H22O2. The number of rotatable bonds is 0. The quantitative estimate of drug-likeness (QED) is 0.631. The topological polar surface area (TPSA) is 40.5 Å². The van der Waals surface area contributed by atoms with Crippen LogP contribution in [0.15, 0.2) is 0 Å². The zero-order chi connectivity index (χ0) is 12.8. The summed E-state index contributed by atoms with van der Waals surface area (Å²) in [5.74, 6) is 11.8. The van der Waals surface area contributed by atoms with Gasteiger partial charge in [-0.15, -0.1) is 11.8 Å². The standard InChI is InChI=1S/C15H22O2/c1-14(16)10-8-6-4-3-5-7-9-11-15(2,17)13-12-14/h16-17H,3-7,12-13H2,1-2H3/t14-,15+. The summed E-state index contributed by atoms with van der Waals surface area (Å²) >= 11 is 0. The summed E-state index contributed by atoms with van der Waals surface area (Å²) in [4.78, 5) is 0. The minimum absolute atomic E-state index is 0.446. The highest BCUT2D eigenvalue weighted by Crippen LogP contribution is 2.19. The van der Waals surface area contributed by atoms with Gasteiger partial charge in [0.2, 0.25) is 0 Å². The highest BCUT2D eigenvalue weighted by Gasteiger charge is 2.24. The van der Waals surface area contributed by atoms with Gasteiger partial charge in [-0.3, -0.25) is 0 Å². The van der Waals surface area contributed by atoms with E-state index in [0.717, 1.165) is 32.1 Å². The maximum Gasteiger partial charge on any atom is 0.122 e. The molecule has 17 heavy (non-hydrogen) atoms. The minimum Gasteiger partial charge on any atom is -0.378 e. The van der Waals surface area contributed by atoms with E-state index in [0.29, 0.717) is 12.8 Å². The normalized spacial score (nSPS) is 35.1. The summed E-state index contributed by atoms with van der Waals surface area (Å²) in [6.07, 6.45) is 5.78. The molecule has 1 aliphatic carbocycles. The van der Waals surface area contributed by atoms with Gasteiger partial charge < -0.3 is 10.2 Å². The molecule has 2 heteroatoms. The van der Waals surface area contributed by atoms with Crippen LogP contribution in [0.4, 0.5) is 0 Å². The van der Waals surface area contributed by atoms with Gasteiger partial charge in [0, 0.05) is 12.8 Å². The van der Waals surface area contributed by atoms with E-state index >= 15 is 0 Å². The van der Waals surface area contributed by atoms with E-state index in [1.807, 2.05) is 0 Å². The predicted molar refractivity (Wildman–Crippen MR) is 69.1 cm³/mol. The Morgan fingerprint density at radius 1 is 0.765 bits per heavy atom. The fraction of sp³-hybridized carbons (Fsp3) is 0.733. The SMILES string of the molecule is C[C@]1(O)C#CCCCCCC#C[C@@](C)(O)CC1. The second-order valence-corrected chi connectivity index (χ2v) is 5.21. The molecule has 0 saturated heterocycles.